The van der Waals surface area contributed by atoms with E-state index in [1.807, 2.05) is 24.3 Å². The van der Waals surface area contributed by atoms with E-state index >= 15 is 0 Å². The van der Waals surface area contributed by atoms with E-state index < -0.39 is 0 Å². The molecule has 0 bridgehead atoms. The number of hydrogen-bond acceptors (Lipinski definition) is 3. The van der Waals surface area contributed by atoms with E-state index in [0.717, 1.165) is 16.7 Å². The standard InChI is InChI=1S/C11H11BrN2S/c12-9-5-11(15-7-9)14-6-8-1-3-10(13)4-2-8/h1-5,7,14H,6,13H2. The van der Waals surface area contributed by atoms with Crippen molar-refractivity contribution in [1.29, 1.82) is 0 Å². The molecular weight excluding hydrogens is 272 g/mol. The molecule has 1 aromatic heterocycles. The Morgan fingerprint density at radius 3 is 2.60 bits per heavy atom. The molecule has 2 rings (SSSR count). The average molecular weight is 283 g/mol. The van der Waals surface area contributed by atoms with Crippen molar-refractivity contribution in [3.8, 4) is 0 Å². The third kappa shape index (κ3) is 2.97. The molecule has 15 heavy (non-hydrogen) atoms. The van der Waals surface area contributed by atoms with Gasteiger partial charge in [-0.3, -0.25) is 0 Å². The normalized spacial score (nSPS) is 10.2. The molecule has 0 atom stereocenters. The van der Waals surface area contributed by atoms with Crippen molar-refractivity contribution in [1.82, 2.24) is 0 Å². The first kappa shape index (κ1) is 10.5. The topological polar surface area (TPSA) is 38.0 Å². The second kappa shape index (κ2) is 4.68. The fourth-order valence-electron chi connectivity index (χ4n) is 1.23. The number of nitrogens with two attached hydrogens (primary N) is 1. The van der Waals surface area contributed by atoms with Gasteiger partial charge in [-0.25, -0.2) is 0 Å². The van der Waals surface area contributed by atoms with Crippen LogP contribution in [0.3, 0.4) is 0 Å². The van der Waals surface area contributed by atoms with Crippen molar-refractivity contribution in [3.05, 3.63) is 45.7 Å². The van der Waals surface area contributed by atoms with Crippen molar-refractivity contribution in [2.45, 2.75) is 6.54 Å². The van der Waals surface area contributed by atoms with E-state index in [0.29, 0.717) is 0 Å². The quantitative estimate of drug-likeness (QED) is 0.843. The zero-order chi connectivity index (χ0) is 10.7. The molecule has 1 aromatic carbocycles. The lowest BCUT2D eigenvalue weighted by atomic mass is 10.2. The van der Waals surface area contributed by atoms with E-state index in [1.54, 1.807) is 11.3 Å². The lowest BCUT2D eigenvalue weighted by Crippen LogP contribution is -1.97. The van der Waals surface area contributed by atoms with Crippen LogP contribution in [0.1, 0.15) is 5.56 Å². The summed E-state index contributed by atoms with van der Waals surface area (Å²) < 4.78 is 1.12. The van der Waals surface area contributed by atoms with Gasteiger partial charge in [-0.15, -0.1) is 11.3 Å². The first-order valence-electron chi connectivity index (χ1n) is 4.56. The van der Waals surface area contributed by atoms with E-state index in [4.69, 9.17) is 5.73 Å². The molecule has 2 nitrogen and oxygen atoms in total. The molecule has 0 aliphatic rings. The zero-order valence-electron chi connectivity index (χ0n) is 8.03. The maximum Gasteiger partial charge on any atom is 0.0896 e. The Kier molecular flexibility index (Phi) is 3.28. The van der Waals surface area contributed by atoms with Crippen molar-refractivity contribution >= 4 is 38.0 Å². The van der Waals surface area contributed by atoms with Gasteiger partial charge in [0.25, 0.3) is 0 Å². The number of nitrogen functional groups attached to an aromatic ring is 1. The predicted octanol–water partition coefficient (Wildman–Crippen LogP) is 3.70. The third-order valence-corrected chi connectivity index (χ3v) is 3.66. The molecule has 4 heteroatoms. The van der Waals surface area contributed by atoms with Gasteiger partial charge < -0.3 is 11.1 Å². The van der Waals surface area contributed by atoms with Crippen LogP contribution in [0.5, 0.6) is 0 Å². The summed E-state index contributed by atoms with van der Waals surface area (Å²) >= 11 is 5.11. The number of benzene rings is 1. The number of halogens is 1. The van der Waals surface area contributed by atoms with Gasteiger partial charge in [0.15, 0.2) is 0 Å². The smallest absolute Gasteiger partial charge is 0.0896 e. The molecule has 0 unspecified atom stereocenters. The van der Waals surface area contributed by atoms with E-state index in [2.05, 4.69) is 32.7 Å². The molecule has 0 fully saturated rings. The second-order valence-corrected chi connectivity index (χ2v) is 5.05. The van der Waals surface area contributed by atoms with Crippen molar-refractivity contribution < 1.29 is 0 Å². The Morgan fingerprint density at radius 1 is 1.27 bits per heavy atom. The fraction of sp³-hybridized carbons (Fsp3) is 0.0909. The molecule has 1 heterocycles. The minimum atomic E-state index is 0.803. The summed E-state index contributed by atoms with van der Waals surface area (Å²) in [6, 6.07) is 9.97. The predicted molar refractivity (Wildman–Crippen MR) is 70.2 cm³/mol. The van der Waals surface area contributed by atoms with Crippen LogP contribution in [0.2, 0.25) is 0 Å². The van der Waals surface area contributed by atoms with Gasteiger partial charge in [-0.05, 0) is 39.7 Å². The minimum Gasteiger partial charge on any atom is -0.399 e. The van der Waals surface area contributed by atoms with Gasteiger partial charge in [0.2, 0.25) is 0 Å². The summed E-state index contributed by atoms with van der Waals surface area (Å²) in [4.78, 5) is 0. The van der Waals surface area contributed by atoms with Gasteiger partial charge in [0, 0.05) is 22.1 Å². The van der Waals surface area contributed by atoms with Crippen LogP contribution in [-0.4, -0.2) is 0 Å². The van der Waals surface area contributed by atoms with E-state index in [1.165, 1.54) is 10.6 Å². The number of hydrogen-bond donors (Lipinski definition) is 2. The summed E-state index contributed by atoms with van der Waals surface area (Å²) in [6.45, 7) is 0.827. The zero-order valence-corrected chi connectivity index (χ0v) is 10.4. The molecule has 0 amide bonds. The molecule has 0 saturated heterocycles. The lowest BCUT2D eigenvalue weighted by molar-refractivity contribution is 1.16. The Hall–Kier alpha value is -1.00. The lowest BCUT2D eigenvalue weighted by Gasteiger charge is -2.03. The first-order chi connectivity index (χ1) is 7.24. The minimum absolute atomic E-state index is 0.803. The largest absolute Gasteiger partial charge is 0.399 e. The second-order valence-electron chi connectivity index (χ2n) is 3.22. The number of thiophene rings is 1. The Bertz CT molecular complexity index is 436. The van der Waals surface area contributed by atoms with E-state index in [9.17, 15) is 0 Å². The van der Waals surface area contributed by atoms with Gasteiger partial charge >= 0.3 is 0 Å². The Balaban J connectivity index is 1.96. The van der Waals surface area contributed by atoms with Crippen LogP contribution >= 0.6 is 27.3 Å². The molecule has 2 aromatic rings. The molecule has 0 radical (unpaired) electrons. The Morgan fingerprint density at radius 2 is 2.00 bits per heavy atom. The monoisotopic (exact) mass is 282 g/mol. The maximum atomic E-state index is 5.61. The van der Waals surface area contributed by atoms with E-state index in [-0.39, 0.29) is 0 Å². The first-order valence-corrected chi connectivity index (χ1v) is 6.23. The summed E-state index contributed by atoms with van der Waals surface area (Å²) in [5, 5.41) is 6.58. The summed E-state index contributed by atoms with van der Waals surface area (Å²) in [5.74, 6) is 0. The van der Waals surface area contributed by atoms with Gasteiger partial charge in [-0.1, -0.05) is 12.1 Å². The van der Waals surface area contributed by atoms with Gasteiger partial charge in [0.05, 0.1) is 5.00 Å². The molecular formula is C11H11BrN2S. The summed E-state index contributed by atoms with van der Waals surface area (Å²) in [7, 11) is 0. The SMILES string of the molecule is Nc1ccc(CNc2cc(Br)cs2)cc1. The fourth-order valence-corrected chi connectivity index (χ4v) is 2.55. The van der Waals surface area contributed by atoms with Crippen molar-refractivity contribution in [2.24, 2.45) is 0 Å². The average Bonchev–Trinajstić information content (AvgIpc) is 2.64. The maximum absolute atomic E-state index is 5.61. The molecule has 3 N–H and O–H groups in total. The van der Waals surface area contributed by atoms with Crippen LogP contribution in [0.4, 0.5) is 10.7 Å². The molecule has 0 spiro atoms. The molecule has 0 aliphatic carbocycles. The van der Waals surface area contributed by atoms with Crippen LogP contribution in [0.15, 0.2) is 40.2 Å². The van der Waals surface area contributed by atoms with Crippen LogP contribution in [-0.2, 0) is 6.54 Å². The highest BCUT2D eigenvalue weighted by atomic mass is 79.9. The summed E-state index contributed by atoms with van der Waals surface area (Å²) in [6.07, 6.45) is 0. The number of nitrogens with one attached hydrogen (secondary N) is 1. The Labute approximate surface area is 101 Å². The molecule has 0 aliphatic heterocycles. The number of rotatable bonds is 3. The van der Waals surface area contributed by atoms with Gasteiger partial charge in [0.1, 0.15) is 0 Å². The number of anilines is 2. The van der Waals surface area contributed by atoms with Crippen molar-refractivity contribution in [3.63, 3.8) is 0 Å². The van der Waals surface area contributed by atoms with Crippen LogP contribution in [0.25, 0.3) is 0 Å². The van der Waals surface area contributed by atoms with Gasteiger partial charge in [-0.2, -0.15) is 0 Å². The highest BCUT2D eigenvalue weighted by Crippen LogP contribution is 2.24. The highest BCUT2D eigenvalue weighted by molar-refractivity contribution is 9.10. The van der Waals surface area contributed by atoms with Crippen LogP contribution < -0.4 is 11.1 Å². The van der Waals surface area contributed by atoms with Crippen LogP contribution in [0, 0.1) is 0 Å². The third-order valence-electron chi connectivity index (χ3n) is 2.01. The molecule has 0 saturated carbocycles. The van der Waals surface area contributed by atoms with Crippen molar-refractivity contribution in [2.75, 3.05) is 11.1 Å². The highest BCUT2D eigenvalue weighted by Gasteiger charge is 1.97. The molecule has 78 valence electrons. The summed E-state index contributed by atoms with van der Waals surface area (Å²) in [5.41, 5.74) is 7.65.